The molecule has 1 saturated heterocycles. The highest BCUT2D eigenvalue weighted by atomic mass is 15.2. The van der Waals surface area contributed by atoms with Crippen LogP contribution in [0.25, 0.3) is 11.0 Å². The molecule has 4 nitrogen and oxygen atoms in total. The van der Waals surface area contributed by atoms with E-state index in [0.717, 1.165) is 23.9 Å². The molecule has 0 atom stereocenters. The molecule has 1 N–H and O–H groups in total. The lowest BCUT2D eigenvalue weighted by Gasteiger charge is -2.31. The van der Waals surface area contributed by atoms with E-state index in [4.69, 9.17) is 0 Å². The zero-order chi connectivity index (χ0) is 13.9. The Bertz CT molecular complexity index is 567. The van der Waals surface area contributed by atoms with E-state index >= 15 is 0 Å². The average molecular weight is 272 g/mol. The zero-order valence-electron chi connectivity index (χ0n) is 12.5. The summed E-state index contributed by atoms with van der Waals surface area (Å²) in [6.07, 6.45) is 2.59. The van der Waals surface area contributed by atoms with Crippen LogP contribution in [0.2, 0.25) is 0 Å². The molecule has 0 aliphatic carbocycles. The van der Waals surface area contributed by atoms with E-state index in [-0.39, 0.29) is 0 Å². The van der Waals surface area contributed by atoms with Gasteiger partial charge in [0.1, 0.15) is 0 Å². The molecule has 1 fully saturated rings. The van der Waals surface area contributed by atoms with Crippen molar-refractivity contribution < 1.29 is 0 Å². The van der Waals surface area contributed by atoms with Crippen molar-refractivity contribution in [3.63, 3.8) is 0 Å². The maximum atomic E-state index is 4.67. The Morgan fingerprint density at radius 2 is 2.00 bits per heavy atom. The maximum absolute atomic E-state index is 4.67. The second-order valence-corrected chi connectivity index (χ2v) is 5.74. The number of benzene rings is 1. The third-order valence-corrected chi connectivity index (χ3v) is 4.49. The minimum Gasteiger partial charge on any atom is -0.355 e. The smallest absolute Gasteiger partial charge is 0.203 e. The van der Waals surface area contributed by atoms with Gasteiger partial charge in [0.2, 0.25) is 5.95 Å². The van der Waals surface area contributed by atoms with Gasteiger partial charge in [-0.3, -0.25) is 0 Å². The molecule has 0 bridgehead atoms. The molecule has 0 saturated carbocycles. The highest BCUT2D eigenvalue weighted by molar-refractivity contribution is 5.78. The first kappa shape index (κ1) is 13.4. The number of aromatic nitrogens is 2. The van der Waals surface area contributed by atoms with Crippen LogP contribution in [0.1, 0.15) is 19.8 Å². The second-order valence-electron chi connectivity index (χ2n) is 5.74. The van der Waals surface area contributed by atoms with Crippen LogP contribution in [0.3, 0.4) is 0 Å². The number of nitrogens with one attached hydrogen (secondary N) is 1. The van der Waals surface area contributed by atoms with Crippen molar-refractivity contribution in [1.82, 2.24) is 14.5 Å². The molecule has 0 unspecified atom stereocenters. The molecule has 3 rings (SSSR count). The Morgan fingerprint density at radius 1 is 1.25 bits per heavy atom. The minimum atomic E-state index is 0.776. The molecule has 2 aromatic rings. The lowest BCUT2D eigenvalue weighted by molar-refractivity contribution is 0.198. The number of anilines is 1. The number of piperidine rings is 1. The van der Waals surface area contributed by atoms with Gasteiger partial charge < -0.3 is 14.8 Å². The van der Waals surface area contributed by atoms with Crippen molar-refractivity contribution in [3.05, 3.63) is 24.3 Å². The van der Waals surface area contributed by atoms with E-state index in [1.807, 2.05) is 6.07 Å². The molecule has 0 spiro atoms. The Labute approximate surface area is 120 Å². The number of imidazole rings is 1. The van der Waals surface area contributed by atoms with Gasteiger partial charge in [0.05, 0.1) is 11.0 Å². The van der Waals surface area contributed by atoms with E-state index in [0.29, 0.717) is 0 Å². The lowest BCUT2D eigenvalue weighted by Crippen LogP contribution is -2.35. The summed E-state index contributed by atoms with van der Waals surface area (Å²) < 4.78 is 2.15. The number of aryl methyl sites for hydroxylation is 1. The number of likely N-dealkylation sites (tertiary alicyclic amines) is 1. The average Bonchev–Trinajstić information content (AvgIpc) is 2.83. The van der Waals surface area contributed by atoms with Gasteiger partial charge in [-0.05, 0) is 50.5 Å². The van der Waals surface area contributed by atoms with Crippen LogP contribution >= 0.6 is 0 Å². The summed E-state index contributed by atoms with van der Waals surface area (Å²) in [5.74, 6) is 1.77. The topological polar surface area (TPSA) is 33.1 Å². The first-order chi connectivity index (χ1) is 9.78. The van der Waals surface area contributed by atoms with Gasteiger partial charge in [0.15, 0.2) is 0 Å². The zero-order valence-corrected chi connectivity index (χ0v) is 12.5. The number of hydrogen-bond acceptors (Lipinski definition) is 3. The van der Waals surface area contributed by atoms with E-state index in [2.05, 4.69) is 51.9 Å². The summed E-state index contributed by atoms with van der Waals surface area (Å²) in [5, 5.41) is 3.54. The van der Waals surface area contributed by atoms with Crippen LogP contribution < -0.4 is 5.32 Å². The van der Waals surface area contributed by atoms with Crippen molar-refractivity contribution in [2.75, 3.05) is 31.5 Å². The molecular formula is C16H24N4. The SMILES string of the molecule is CCN1CCC(CNc2nc3ccccc3n2C)CC1. The molecule has 4 heteroatoms. The lowest BCUT2D eigenvalue weighted by atomic mass is 9.97. The van der Waals surface area contributed by atoms with Gasteiger partial charge in [-0.25, -0.2) is 4.98 Å². The molecule has 1 aliphatic heterocycles. The predicted molar refractivity (Wildman–Crippen MR) is 84.0 cm³/mol. The van der Waals surface area contributed by atoms with Crippen LogP contribution in [0.4, 0.5) is 5.95 Å². The molecule has 1 aromatic heterocycles. The summed E-state index contributed by atoms with van der Waals surface area (Å²) in [6.45, 7) is 6.95. The minimum absolute atomic E-state index is 0.776. The third-order valence-electron chi connectivity index (χ3n) is 4.49. The molecule has 1 aromatic carbocycles. The Hall–Kier alpha value is -1.55. The number of para-hydroxylation sites is 2. The Morgan fingerprint density at radius 3 is 2.70 bits per heavy atom. The van der Waals surface area contributed by atoms with Crippen molar-refractivity contribution in [1.29, 1.82) is 0 Å². The number of nitrogens with zero attached hydrogens (tertiary/aromatic N) is 3. The summed E-state index contributed by atoms with van der Waals surface area (Å²) in [4.78, 5) is 7.20. The fourth-order valence-electron chi connectivity index (χ4n) is 3.05. The Kier molecular flexibility index (Phi) is 3.92. The summed E-state index contributed by atoms with van der Waals surface area (Å²) >= 11 is 0. The quantitative estimate of drug-likeness (QED) is 0.929. The summed E-state index contributed by atoms with van der Waals surface area (Å²) in [7, 11) is 2.08. The monoisotopic (exact) mass is 272 g/mol. The largest absolute Gasteiger partial charge is 0.355 e. The first-order valence-corrected chi connectivity index (χ1v) is 7.65. The molecule has 20 heavy (non-hydrogen) atoms. The molecule has 0 radical (unpaired) electrons. The van der Waals surface area contributed by atoms with Gasteiger partial charge in [-0.15, -0.1) is 0 Å². The molecule has 108 valence electrons. The van der Waals surface area contributed by atoms with Crippen LogP contribution in [0.15, 0.2) is 24.3 Å². The van der Waals surface area contributed by atoms with Crippen LogP contribution in [0.5, 0.6) is 0 Å². The number of rotatable bonds is 4. The normalized spacial score (nSPS) is 17.7. The van der Waals surface area contributed by atoms with E-state index in [9.17, 15) is 0 Å². The highest BCUT2D eigenvalue weighted by Crippen LogP contribution is 2.20. The molecule has 1 aliphatic rings. The highest BCUT2D eigenvalue weighted by Gasteiger charge is 2.18. The van der Waals surface area contributed by atoms with E-state index in [1.165, 1.54) is 38.0 Å². The fourth-order valence-corrected chi connectivity index (χ4v) is 3.05. The van der Waals surface area contributed by atoms with Gasteiger partial charge >= 0.3 is 0 Å². The molecule has 2 heterocycles. The van der Waals surface area contributed by atoms with Crippen molar-refractivity contribution in [2.45, 2.75) is 19.8 Å². The van der Waals surface area contributed by atoms with Gasteiger partial charge in [-0.2, -0.15) is 0 Å². The van der Waals surface area contributed by atoms with Crippen molar-refractivity contribution in [2.24, 2.45) is 13.0 Å². The second kappa shape index (κ2) is 5.83. The molecule has 0 amide bonds. The summed E-state index contributed by atoms with van der Waals surface area (Å²) in [6, 6.07) is 8.29. The van der Waals surface area contributed by atoms with Gasteiger partial charge in [0.25, 0.3) is 0 Å². The van der Waals surface area contributed by atoms with Gasteiger partial charge in [-0.1, -0.05) is 19.1 Å². The van der Waals surface area contributed by atoms with E-state index < -0.39 is 0 Å². The third kappa shape index (κ3) is 2.66. The predicted octanol–water partition coefficient (Wildman–Crippen LogP) is 2.72. The van der Waals surface area contributed by atoms with Crippen molar-refractivity contribution in [3.8, 4) is 0 Å². The van der Waals surface area contributed by atoms with Crippen LogP contribution in [-0.2, 0) is 7.05 Å². The maximum Gasteiger partial charge on any atom is 0.203 e. The Balaban J connectivity index is 1.61. The molecular weight excluding hydrogens is 248 g/mol. The van der Waals surface area contributed by atoms with Crippen molar-refractivity contribution >= 4 is 17.0 Å². The van der Waals surface area contributed by atoms with Crippen LogP contribution in [-0.4, -0.2) is 40.6 Å². The van der Waals surface area contributed by atoms with Crippen LogP contribution in [0, 0.1) is 5.92 Å². The van der Waals surface area contributed by atoms with Gasteiger partial charge in [0, 0.05) is 13.6 Å². The standard InChI is InChI=1S/C16H24N4/c1-3-20-10-8-13(9-11-20)12-17-16-18-14-6-4-5-7-15(14)19(16)2/h4-7,13H,3,8-12H2,1-2H3,(H,17,18). The first-order valence-electron chi connectivity index (χ1n) is 7.65. The fraction of sp³-hybridized carbons (Fsp3) is 0.562. The number of fused-ring (bicyclic) bond motifs is 1. The van der Waals surface area contributed by atoms with E-state index in [1.54, 1.807) is 0 Å². The number of hydrogen-bond donors (Lipinski definition) is 1. The summed E-state index contributed by atoms with van der Waals surface area (Å²) in [5.41, 5.74) is 2.26.